The van der Waals surface area contributed by atoms with Crippen molar-refractivity contribution in [2.45, 2.75) is 19.3 Å². The molecule has 0 saturated carbocycles. The van der Waals surface area contributed by atoms with Crippen LogP contribution in [0.4, 0.5) is 0 Å². The third-order valence-corrected chi connectivity index (χ3v) is 4.56. The van der Waals surface area contributed by atoms with Gasteiger partial charge in [0, 0.05) is 36.1 Å². The van der Waals surface area contributed by atoms with Crippen LogP contribution < -0.4 is 11.1 Å². The van der Waals surface area contributed by atoms with Crippen LogP contribution in [0.3, 0.4) is 0 Å². The van der Waals surface area contributed by atoms with Gasteiger partial charge in [0.15, 0.2) is 0 Å². The summed E-state index contributed by atoms with van der Waals surface area (Å²) in [5.74, 6) is 0.495. The third kappa shape index (κ3) is 4.81. The highest BCUT2D eigenvalue weighted by Gasteiger charge is 2.21. The molecular weight excluding hydrogens is 346 g/mol. The van der Waals surface area contributed by atoms with Gasteiger partial charge >= 0.3 is 0 Å². The molecular formula is C16H22BrN3O2. The van der Waals surface area contributed by atoms with Gasteiger partial charge in [-0.3, -0.25) is 9.59 Å². The number of likely N-dealkylation sites (tertiary alicyclic amines) is 1. The molecule has 0 unspecified atom stereocenters. The van der Waals surface area contributed by atoms with Crippen molar-refractivity contribution >= 4 is 27.7 Å². The van der Waals surface area contributed by atoms with Crippen molar-refractivity contribution in [3.8, 4) is 0 Å². The van der Waals surface area contributed by atoms with Crippen LogP contribution in [0.5, 0.6) is 0 Å². The van der Waals surface area contributed by atoms with E-state index in [-0.39, 0.29) is 11.8 Å². The molecule has 0 radical (unpaired) electrons. The summed E-state index contributed by atoms with van der Waals surface area (Å²) >= 11 is 3.33. The van der Waals surface area contributed by atoms with E-state index in [2.05, 4.69) is 21.2 Å². The number of carbonyl (C=O) groups is 2. The van der Waals surface area contributed by atoms with E-state index in [4.69, 9.17) is 5.73 Å². The van der Waals surface area contributed by atoms with Crippen LogP contribution in [0.2, 0.25) is 0 Å². The molecule has 120 valence electrons. The maximum absolute atomic E-state index is 12.1. The van der Waals surface area contributed by atoms with Crippen molar-refractivity contribution in [2.75, 3.05) is 26.2 Å². The molecule has 22 heavy (non-hydrogen) atoms. The van der Waals surface area contributed by atoms with Gasteiger partial charge in [-0.25, -0.2) is 0 Å². The SMILES string of the molecule is NCC1CCN(C(=O)CCNC(=O)c2ccc(Br)cc2)CC1. The number of nitrogens with one attached hydrogen (secondary N) is 1. The fourth-order valence-corrected chi connectivity index (χ4v) is 2.83. The minimum absolute atomic E-state index is 0.103. The lowest BCUT2D eigenvalue weighted by atomic mass is 9.97. The van der Waals surface area contributed by atoms with Gasteiger partial charge in [-0.1, -0.05) is 15.9 Å². The number of hydrogen-bond acceptors (Lipinski definition) is 3. The predicted octanol–water partition coefficient (Wildman–Crippen LogP) is 1.77. The number of carbonyl (C=O) groups excluding carboxylic acids is 2. The Bertz CT molecular complexity index is 511. The predicted molar refractivity (Wildman–Crippen MR) is 89.5 cm³/mol. The molecule has 1 saturated heterocycles. The molecule has 1 heterocycles. The van der Waals surface area contributed by atoms with Crippen LogP contribution in [-0.4, -0.2) is 42.9 Å². The van der Waals surface area contributed by atoms with Crippen LogP contribution in [0.25, 0.3) is 0 Å². The molecule has 1 aliphatic heterocycles. The average Bonchev–Trinajstić information content (AvgIpc) is 2.55. The van der Waals surface area contributed by atoms with Crippen molar-refractivity contribution in [3.05, 3.63) is 34.3 Å². The van der Waals surface area contributed by atoms with Crippen molar-refractivity contribution in [3.63, 3.8) is 0 Å². The van der Waals surface area contributed by atoms with Crippen LogP contribution in [0.1, 0.15) is 29.6 Å². The molecule has 6 heteroatoms. The Morgan fingerprint density at radius 1 is 1.23 bits per heavy atom. The van der Waals surface area contributed by atoms with Crippen molar-refractivity contribution in [1.82, 2.24) is 10.2 Å². The monoisotopic (exact) mass is 367 g/mol. The molecule has 5 nitrogen and oxygen atoms in total. The van der Waals surface area contributed by atoms with Crippen LogP contribution in [-0.2, 0) is 4.79 Å². The van der Waals surface area contributed by atoms with E-state index < -0.39 is 0 Å². The zero-order valence-electron chi connectivity index (χ0n) is 12.6. The second kappa shape index (κ2) is 8.29. The second-order valence-corrected chi connectivity index (χ2v) is 6.49. The Hall–Kier alpha value is -1.40. The van der Waals surface area contributed by atoms with Gasteiger partial charge < -0.3 is 16.0 Å². The summed E-state index contributed by atoms with van der Waals surface area (Å²) < 4.78 is 0.931. The molecule has 3 N–H and O–H groups in total. The first-order valence-electron chi connectivity index (χ1n) is 7.61. The summed E-state index contributed by atoms with van der Waals surface area (Å²) in [5, 5.41) is 2.79. The van der Waals surface area contributed by atoms with Gasteiger partial charge in [0.2, 0.25) is 5.91 Å². The van der Waals surface area contributed by atoms with E-state index >= 15 is 0 Å². The topological polar surface area (TPSA) is 75.4 Å². The molecule has 0 aromatic heterocycles. The van der Waals surface area contributed by atoms with Crippen molar-refractivity contribution < 1.29 is 9.59 Å². The Morgan fingerprint density at radius 3 is 2.45 bits per heavy atom. The fraction of sp³-hybridized carbons (Fsp3) is 0.500. The highest BCUT2D eigenvalue weighted by atomic mass is 79.9. The van der Waals surface area contributed by atoms with E-state index in [1.54, 1.807) is 12.1 Å². The standard InChI is InChI=1S/C16H22BrN3O2/c17-14-3-1-13(2-4-14)16(22)19-8-5-15(21)20-9-6-12(11-18)7-10-20/h1-4,12H,5-11,18H2,(H,19,22). The van der Waals surface area contributed by atoms with Gasteiger partial charge in [-0.05, 0) is 49.6 Å². The summed E-state index contributed by atoms with van der Waals surface area (Å²) in [6.07, 6.45) is 2.30. The molecule has 0 atom stereocenters. The number of hydrogen-bond donors (Lipinski definition) is 2. The fourth-order valence-electron chi connectivity index (χ4n) is 2.56. The smallest absolute Gasteiger partial charge is 0.251 e. The van der Waals surface area contributed by atoms with E-state index in [1.807, 2.05) is 17.0 Å². The highest BCUT2D eigenvalue weighted by molar-refractivity contribution is 9.10. The lowest BCUT2D eigenvalue weighted by molar-refractivity contribution is -0.132. The molecule has 1 aliphatic rings. The van der Waals surface area contributed by atoms with E-state index in [9.17, 15) is 9.59 Å². The highest BCUT2D eigenvalue weighted by Crippen LogP contribution is 2.16. The number of nitrogens with two attached hydrogens (primary N) is 1. The van der Waals surface area contributed by atoms with Crippen molar-refractivity contribution in [2.24, 2.45) is 11.7 Å². The number of piperidine rings is 1. The number of rotatable bonds is 5. The molecule has 2 amide bonds. The molecule has 0 aliphatic carbocycles. The molecule has 2 rings (SSSR count). The summed E-state index contributed by atoms with van der Waals surface area (Å²) in [4.78, 5) is 25.9. The first-order valence-corrected chi connectivity index (χ1v) is 8.41. The zero-order chi connectivity index (χ0) is 15.9. The van der Waals surface area contributed by atoms with E-state index in [0.717, 1.165) is 30.4 Å². The quantitative estimate of drug-likeness (QED) is 0.832. The Morgan fingerprint density at radius 2 is 1.86 bits per heavy atom. The van der Waals surface area contributed by atoms with Gasteiger partial charge in [-0.15, -0.1) is 0 Å². The minimum atomic E-state index is -0.151. The van der Waals surface area contributed by atoms with E-state index in [0.29, 0.717) is 31.0 Å². The Labute approximate surface area is 139 Å². The number of benzene rings is 1. The Balaban J connectivity index is 1.71. The maximum atomic E-state index is 12.1. The van der Waals surface area contributed by atoms with Crippen LogP contribution in [0.15, 0.2) is 28.7 Å². The van der Waals surface area contributed by atoms with Gasteiger partial charge in [0.25, 0.3) is 5.91 Å². The number of halogens is 1. The number of nitrogens with zero attached hydrogens (tertiary/aromatic N) is 1. The van der Waals surface area contributed by atoms with E-state index in [1.165, 1.54) is 0 Å². The summed E-state index contributed by atoms with van der Waals surface area (Å²) in [5.41, 5.74) is 6.25. The van der Waals surface area contributed by atoms with Gasteiger partial charge in [0.1, 0.15) is 0 Å². The first kappa shape index (κ1) is 17.0. The number of amides is 2. The summed E-state index contributed by atoms with van der Waals surface area (Å²) in [7, 11) is 0. The van der Waals surface area contributed by atoms with Crippen LogP contribution >= 0.6 is 15.9 Å². The van der Waals surface area contributed by atoms with Crippen molar-refractivity contribution in [1.29, 1.82) is 0 Å². The van der Waals surface area contributed by atoms with Crippen LogP contribution in [0, 0.1) is 5.92 Å². The average molecular weight is 368 g/mol. The third-order valence-electron chi connectivity index (χ3n) is 4.03. The second-order valence-electron chi connectivity index (χ2n) is 5.57. The maximum Gasteiger partial charge on any atom is 0.251 e. The molecule has 0 spiro atoms. The molecule has 1 aromatic rings. The normalized spacial score (nSPS) is 15.6. The first-order chi connectivity index (χ1) is 10.6. The zero-order valence-corrected chi connectivity index (χ0v) is 14.1. The lowest BCUT2D eigenvalue weighted by Crippen LogP contribution is -2.41. The molecule has 1 fully saturated rings. The van der Waals surface area contributed by atoms with Gasteiger partial charge in [0.05, 0.1) is 0 Å². The summed E-state index contributed by atoms with van der Waals surface area (Å²) in [6, 6.07) is 7.14. The summed E-state index contributed by atoms with van der Waals surface area (Å²) in [6.45, 7) is 2.62. The Kier molecular flexibility index (Phi) is 6.39. The molecule has 0 bridgehead atoms. The lowest BCUT2D eigenvalue weighted by Gasteiger charge is -2.31. The molecule has 1 aromatic carbocycles. The van der Waals surface area contributed by atoms with Gasteiger partial charge in [-0.2, -0.15) is 0 Å². The largest absolute Gasteiger partial charge is 0.352 e. The minimum Gasteiger partial charge on any atom is -0.352 e.